The van der Waals surface area contributed by atoms with Gasteiger partial charge in [0.15, 0.2) is 0 Å². The number of thiophene rings is 1. The van der Waals surface area contributed by atoms with Crippen molar-refractivity contribution in [2.45, 2.75) is 30.2 Å². The molecule has 6 nitrogen and oxygen atoms in total. The first-order valence-corrected chi connectivity index (χ1v) is 10.7. The van der Waals surface area contributed by atoms with Crippen molar-refractivity contribution >= 4 is 39.2 Å². The lowest BCUT2D eigenvalue weighted by Crippen LogP contribution is -2.29. The van der Waals surface area contributed by atoms with E-state index < -0.39 is 27.7 Å². The van der Waals surface area contributed by atoms with Gasteiger partial charge in [0.25, 0.3) is 10.0 Å². The molecule has 2 aromatic heterocycles. The number of hydrogen-bond acceptors (Lipinski definition) is 6. The molecule has 0 saturated heterocycles. The van der Waals surface area contributed by atoms with E-state index >= 15 is 0 Å². The summed E-state index contributed by atoms with van der Waals surface area (Å²) in [6, 6.07) is 3.61. The molecule has 0 radical (unpaired) electrons. The molecule has 12 heteroatoms. The van der Waals surface area contributed by atoms with Crippen LogP contribution < -0.4 is 0 Å². The van der Waals surface area contributed by atoms with Gasteiger partial charge in [0.05, 0.1) is 28.4 Å². The SMILES string of the molecule is CCN(CC)S(=O)(=O)c1ccc(C(/C=N\O)c2ncc(C(F)(F)F)cc2Cl)s1. The Morgan fingerprint density at radius 1 is 1.36 bits per heavy atom. The van der Waals surface area contributed by atoms with E-state index in [9.17, 15) is 21.6 Å². The fourth-order valence-corrected chi connectivity index (χ4v) is 5.80. The number of aromatic nitrogens is 1. The van der Waals surface area contributed by atoms with Gasteiger partial charge in [-0.25, -0.2) is 8.42 Å². The summed E-state index contributed by atoms with van der Waals surface area (Å²) in [5, 5.41) is 11.6. The summed E-state index contributed by atoms with van der Waals surface area (Å²) in [5.41, 5.74) is -1.00. The maximum absolute atomic E-state index is 12.8. The molecule has 154 valence electrons. The van der Waals surface area contributed by atoms with Gasteiger partial charge in [-0.15, -0.1) is 16.5 Å². The fourth-order valence-electron chi connectivity index (χ4n) is 2.51. The molecule has 0 saturated carbocycles. The zero-order chi connectivity index (χ0) is 21.1. The van der Waals surface area contributed by atoms with Gasteiger partial charge in [-0.2, -0.15) is 17.5 Å². The molecule has 0 bridgehead atoms. The summed E-state index contributed by atoms with van der Waals surface area (Å²) in [6.07, 6.45) is -2.95. The molecular formula is C16H17ClF3N3O3S2. The monoisotopic (exact) mass is 455 g/mol. The molecule has 0 aliphatic heterocycles. The number of pyridine rings is 1. The van der Waals surface area contributed by atoms with Crippen molar-refractivity contribution in [3.8, 4) is 0 Å². The average molecular weight is 456 g/mol. The highest BCUT2D eigenvalue weighted by Gasteiger charge is 2.33. The predicted octanol–water partition coefficient (Wildman–Crippen LogP) is 4.44. The van der Waals surface area contributed by atoms with Crippen LogP contribution in [0, 0.1) is 0 Å². The topological polar surface area (TPSA) is 82.9 Å². The third kappa shape index (κ3) is 4.65. The van der Waals surface area contributed by atoms with Gasteiger partial charge in [-0.1, -0.05) is 25.4 Å². The predicted molar refractivity (Wildman–Crippen MR) is 101 cm³/mol. The Bertz CT molecular complexity index is 958. The third-order valence-electron chi connectivity index (χ3n) is 3.92. The van der Waals surface area contributed by atoms with Crippen LogP contribution in [0.15, 0.2) is 33.8 Å². The van der Waals surface area contributed by atoms with Crippen molar-refractivity contribution in [3.63, 3.8) is 0 Å². The maximum atomic E-state index is 12.8. The Morgan fingerprint density at radius 2 is 2.00 bits per heavy atom. The number of oxime groups is 1. The van der Waals surface area contributed by atoms with E-state index in [1.807, 2.05) is 0 Å². The molecule has 1 unspecified atom stereocenters. The van der Waals surface area contributed by atoms with Crippen LogP contribution in [-0.4, -0.2) is 42.2 Å². The molecule has 0 aliphatic carbocycles. The van der Waals surface area contributed by atoms with E-state index in [0.717, 1.165) is 23.6 Å². The lowest BCUT2D eigenvalue weighted by atomic mass is 10.0. The van der Waals surface area contributed by atoms with Gasteiger partial charge in [-0.3, -0.25) is 4.98 Å². The number of nitrogens with zero attached hydrogens (tertiary/aromatic N) is 3. The van der Waals surface area contributed by atoms with Crippen molar-refractivity contribution in [2.24, 2.45) is 5.16 Å². The summed E-state index contributed by atoms with van der Waals surface area (Å²) >= 11 is 6.89. The second-order valence-electron chi connectivity index (χ2n) is 5.58. The molecular weight excluding hydrogens is 439 g/mol. The van der Waals surface area contributed by atoms with Crippen LogP contribution in [0.2, 0.25) is 5.02 Å². The minimum absolute atomic E-state index is 0.0149. The summed E-state index contributed by atoms with van der Waals surface area (Å²) in [4.78, 5) is 4.17. The molecule has 0 amide bonds. The van der Waals surface area contributed by atoms with Crippen LogP contribution in [0.25, 0.3) is 0 Å². The van der Waals surface area contributed by atoms with Gasteiger partial charge < -0.3 is 5.21 Å². The Balaban J connectivity index is 2.48. The molecule has 1 N–H and O–H groups in total. The summed E-state index contributed by atoms with van der Waals surface area (Å²) in [5.74, 6) is -0.912. The van der Waals surface area contributed by atoms with Crippen LogP contribution in [0.5, 0.6) is 0 Å². The zero-order valence-electron chi connectivity index (χ0n) is 14.8. The summed E-state index contributed by atoms with van der Waals surface area (Å²) in [6.45, 7) is 4.01. The molecule has 0 spiro atoms. The standard InChI is InChI=1S/C16H17ClF3N3O3S2/c1-3-23(4-2)28(25,26)14-6-5-13(27-14)11(9-22-24)15-12(17)7-10(8-21-15)16(18,19)20/h5-9,11,24H,3-4H2,1-2H3/b22-9-. The highest BCUT2D eigenvalue weighted by atomic mass is 35.5. The fraction of sp³-hybridized carbons (Fsp3) is 0.375. The van der Waals surface area contributed by atoms with Crippen molar-refractivity contribution in [1.82, 2.24) is 9.29 Å². The number of halogens is 4. The molecule has 28 heavy (non-hydrogen) atoms. The van der Waals surface area contributed by atoms with Gasteiger partial charge >= 0.3 is 6.18 Å². The number of hydrogen-bond donors (Lipinski definition) is 1. The maximum Gasteiger partial charge on any atom is 0.417 e. The largest absolute Gasteiger partial charge is 0.417 e. The van der Waals surface area contributed by atoms with E-state index in [0.29, 0.717) is 24.2 Å². The minimum Gasteiger partial charge on any atom is -0.411 e. The first kappa shape index (κ1) is 22.6. The molecule has 2 heterocycles. The second-order valence-corrected chi connectivity index (χ2v) is 9.26. The highest BCUT2D eigenvalue weighted by molar-refractivity contribution is 7.91. The van der Waals surface area contributed by atoms with Crippen LogP contribution >= 0.6 is 22.9 Å². The first-order chi connectivity index (χ1) is 13.1. The lowest BCUT2D eigenvalue weighted by Gasteiger charge is -2.17. The van der Waals surface area contributed by atoms with Crippen molar-refractivity contribution < 1.29 is 26.8 Å². The van der Waals surface area contributed by atoms with Gasteiger partial charge in [0, 0.05) is 24.2 Å². The molecule has 2 rings (SSSR count). The van der Waals surface area contributed by atoms with Crippen molar-refractivity contribution in [2.75, 3.05) is 13.1 Å². The van der Waals surface area contributed by atoms with E-state index in [1.165, 1.54) is 16.4 Å². The van der Waals surface area contributed by atoms with Gasteiger partial charge in [0.1, 0.15) is 4.21 Å². The van der Waals surface area contributed by atoms with Crippen LogP contribution in [-0.2, 0) is 16.2 Å². The quantitative estimate of drug-likeness (QED) is 0.380. The third-order valence-corrected chi connectivity index (χ3v) is 7.90. The van der Waals surface area contributed by atoms with Crippen molar-refractivity contribution in [1.29, 1.82) is 0 Å². The number of alkyl halides is 3. The normalized spacial score (nSPS) is 14.1. The minimum atomic E-state index is -4.61. The average Bonchev–Trinajstić information content (AvgIpc) is 3.10. The lowest BCUT2D eigenvalue weighted by molar-refractivity contribution is -0.137. The molecule has 2 aromatic rings. The van der Waals surface area contributed by atoms with E-state index in [4.69, 9.17) is 16.8 Å². The number of sulfonamides is 1. The van der Waals surface area contributed by atoms with Crippen molar-refractivity contribution in [3.05, 3.63) is 45.6 Å². The summed E-state index contributed by atoms with van der Waals surface area (Å²) in [7, 11) is -3.70. The second kappa shape index (κ2) is 8.76. The Hall–Kier alpha value is -1.69. The highest BCUT2D eigenvalue weighted by Crippen LogP contribution is 2.37. The smallest absolute Gasteiger partial charge is 0.411 e. The number of rotatable bonds is 7. The molecule has 0 aromatic carbocycles. The molecule has 0 aliphatic rings. The van der Waals surface area contributed by atoms with Crippen LogP contribution in [0.1, 0.15) is 35.9 Å². The van der Waals surface area contributed by atoms with E-state index in [2.05, 4.69) is 10.1 Å². The Labute approximate surface area is 169 Å². The zero-order valence-corrected chi connectivity index (χ0v) is 17.2. The van der Waals surface area contributed by atoms with Crippen LogP contribution in [0.4, 0.5) is 13.2 Å². The van der Waals surface area contributed by atoms with Gasteiger partial charge in [-0.05, 0) is 18.2 Å². The Morgan fingerprint density at radius 3 is 2.50 bits per heavy atom. The molecule has 1 atom stereocenters. The first-order valence-electron chi connectivity index (χ1n) is 8.06. The van der Waals surface area contributed by atoms with Crippen LogP contribution in [0.3, 0.4) is 0 Å². The molecule has 0 fully saturated rings. The Kier molecular flexibility index (Phi) is 7.07. The summed E-state index contributed by atoms with van der Waals surface area (Å²) < 4.78 is 65.1. The van der Waals surface area contributed by atoms with E-state index in [-0.39, 0.29) is 14.9 Å². The van der Waals surface area contributed by atoms with Gasteiger partial charge in [0.2, 0.25) is 0 Å². The van der Waals surface area contributed by atoms with E-state index in [1.54, 1.807) is 13.8 Å².